The zero-order valence-electron chi connectivity index (χ0n) is 5.84. The zero-order chi connectivity index (χ0) is 5.84. The van der Waals surface area contributed by atoms with E-state index in [4.69, 9.17) is 0 Å². The summed E-state index contributed by atoms with van der Waals surface area (Å²) in [5.74, 6) is 4.83. The lowest BCUT2D eigenvalue weighted by molar-refractivity contribution is 0.109. The van der Waals surface area contributed by atoms with E-state index in [1.54, 1.807) is 32.1 Å². The predicted molar refractivity (Wildman–Crippen MR) is 37.0 cm³/mol. The molecule has 0 aromatic rings. The average Bonchev–Trinajstić information content (AvgIpc) is 2.53. The van der Waals surface area contributed by atoms with Gasteiger partial charge in [0.2, 0.25) is 0 Å². The van der Waals surface area contributed by atoms with Crippen molar-refractivity contribution in [3.63, 3.8) is 0 Å². The van der Waals surface area contributed by atoms with E-state index in [1.165, 1.54) is 23.7 Å². The molecule has 0 nitrogen and oxygen atoms in total. The lowest BCUT2D eigenvalue weighted by Gasteiger charge is -2.40. The molecular formula is C9H14. The van der Waals surface area contributed by atoms with Crippen molar-refractivity contribution in [3.8, 4) is 0 Å². The van der Waals surface area contributed by atoms with Gasteiger partial charge in [-0.3, -0.25) is 0 Å². The van der Waals surface area contributed by atoms with Crippen LogP contribution in [0.3, 0.4) is 0 Å². The molecule has 0 aromatic carbocycles. The zero-order valence-corrected chi connectivity index (χ0v) is 5.84. The van der Waals surface area contributed by atoms with Gasteiger partial charge in [0.1, 0.15) is 0 Å². The Morgan fingerprint density at radius 1 is 0.556 bits per heavy atom. The fraction of sp³-hybridized carbons (Fsp3) is 1.00. The van der Waals surface area contributed by atoms with Crippen molar-refractivity contribution >= 4 is 0 Å². The second-order valence-electron chi connectivity index (χ2n) is 4.32. The summed E-state index contributed by atoms with van der Waals surface area (Å²) in [6.45, 7) is 0. The topological polar surface area (TPSA) is 0 Å². The van der Waals surface area contributed by atoms with Crippen molar-refractivity contribution in [1.29, 1.82) is 0 Å². The highest BCUT2D eigenvalue weighted by atomic mass is 14.5. The maximum Gasteiger partial charge on any atom is -0.0380 e. The SMILES string of the molecule is C1CC2CC3CC3CC12. The molecule has 0 aliphatic heterocycles. The molecule has 0 spiro atoms. The molecule has 0 saturated heterocycles. The highest BCUT2D eigenvalue weighted by Gasteiger charge is 2.49. The maximum atomic E-state index is 1.62. The third-order valence-electron chi connectivity index (χ3n) is 3.85. The van der Waals surface area contributed by atoms with Crippen LogP contribution in [0, 0.1) is 23.7 Å². The molecule has 3 aliphatic carbocycles. The summed E-state index contributed by atoms with van der Waals surface area (Å²) in [4.78, 5) is 0. The van der Waals surface area contributed by atoms with Crippen LogP contribution in [0.1, 0.15) is 32.1 Å². The number of hydrogen-bond donors (Lipinski definition) is 0. The Balaban J connectivity index is 1.79. The molecule has 3 rings (SSSR count). The smallest absolute Gasteiger partial charge is 0.0380 e. The highest BCUT2D eigenvalue weighted by molar-refractivity contribution is 4.99. The largest absolute Gasteiger partial charge is 0.0499 e. The summed E-state index contributed by atoms with van der Waals surface area (Å²) in [5, 5.41) is 0. The first-order valence-electron chi connectivity index (χ1n) is 4.43. The van der Waals surface area contributed by atoms with Crippen molar-refractivity contribution in [1.82, 2.24) is 0 Å². The van der Waals surface area contributed by atoms with Gasteiger partial charge >= 0.3 is 0 Å². The third-order valence-corrected chi connectivity index (χ3v) is 3.85. The van der Waals surface area contributed by atoms with Crippen LogP contribution in [-0.2, 0) is 0 Å². The Hall–Kier alpha value is 0. The first-order valence-corrected chi connectivity index (χ1v) is 4.43. The molecule has 0 amide bonds. The Morgan fingerprint density at radius 2 is 1.00 bits per heavy atom. The minimum atomic E-state index is 1.20. The Bertz CT molecular complexity index is 123. The van der Waals surface area contributed by atoms with Gasteiger partial charge in [-0.1, -0.05) is 0 Å². The molecule has 4 unspecified atom stereocenters. The van der Waals surface area contributed by atoms with E-state index in [0.29, 0.717) is 0 Å². The van der Waals surface area contributed by atoms with Gasteiger partial charge in [0.05, 0.1) is 0 Å². The first kappa shape index (κ1) is 4.76. The molecule has 50 valence electrons. The van der Waals surface area contributed by atoms with Gasteiger partial charge in [0.15, 0.2) is 0 Å². The Kier molecular flexibility index (Phi) is 0.717. The quantitative estimate of drug-likeness (QED) is 0.463. The maximum absolute atomic E-state index is 1.62. The molecular weight excluding hydrogens is 108 g/mol. The van der Waals surface area contributed by atoms with E-state index in [1.807, 2.05) is 0 Å². The predicted octanol–water partition coefficient (Wildman–Crippen LogP) is 2.44. The molecule has 0 bridgehead atoms. The van der Waals surface area contributed by atoms with Gasteiger partial charge in [-0.2, -0.15) is 0 Å². The van der Waals surface area contributed by atoms with Crippen molar-refractivity contribution in [3.05, 3.63) is 0 Å². The summed E-state index contributed by atoms with van der Waals surface area (Å²) in [6.07, 6.45) is 8.00. The van der Waals surface area contributed by atoms with Crippen molar-refractivity contribution in [2.45, 2.75) is 32.1 Å². The molecule has 3 aliphatic rings. The molecule has 4 atom stereocenters. The van der Waals surface area contributed by atoms with Crippen LogP contribution in [0.4, 0.5) is 0 Å². The summed E-state index contributed by atoms with van der Waals surface area (Å²) in [6, 6.07) is 0. The Morgan fingerprint density at radius 3 is 1.44 bits per heavy atom. The van der Waals surface area contributed by atoms with Gasteiger partial charge in [-0.25, -0.2) is 0 Å². The standard InChI is InChI=1S/C9H14/c1-2-7-4-9-5-8(9)3-6(1)7/h6-9H,1-5H2. The Labute approximate surface area is 56.6 Å². The normalized spacial score (nSPS) is 61.3. The fourth-order valence-corrected chi connectivity index (χ4v) is 2.92. The van der Waals surface area contributed by atoms with Gasteiger partial charge in [-0.15, -0.1) is 0 Å². The van der Waals surface area contributed by atoms with Gasteiger partial charge in [0, 0.05) is 0 Å². The summed E-state index contributed by atoms with van der Waals surface area (Å²) in [7, 11) is 0. The second kappa shape index (κ2) is 1.36. The van der Waals surface area contributed by atoms with Crippen LogP contribution in [0.5, 0.6) is 0 Å². The van der Waals surface area contributed by atoms with Crippen LogP contribution in [0.15, 0.2) is 0 Å². The average molecular weight is 122 g/mol. The van der Waals surface area contributed by atoms with Crippen molar-refractivity contribution in [2.75, 3.05) is 0 Å². The number of rotatable bonds is 0. The van der Waals surface area contributed by atoms with E-state index in [2.05, 4.69) is 0 Å². The molecule has 3 saturated carbocycles. The second-order valence-corrected chi connectivity index (χ2v) is 4.32. The van der Waals surface area contributed by atoms with Crippen LogP contribution in [0.25, 0.3) is 0 Å². The van der Waals surface area contributed by atoms with Gasteiger partial charge in [-0.05, 0) is 55.8 Å². The van der Waals surface area contributed by atoms with Crippen LogP contribution >= 0.6 is 0 Å². The fourth-order valence-electron chi connectivity index (χ4n) is 2.92. The minimum Gasteiger partial charge on any atom is -0.0499 e. The molecule has 9 heavy (non-hydrogen) atoms. The molecule has 0 heterocycles. The summed E-state index contributed by atoms with van der Waals surface area (Å²) < 4.78 is 0. The monoisotopic (exact) mass is 122 g/mol. The van der Waals surface area contributed by atoms with Crippen LogP contribution in [-0.4, -0.2) is 0 Å². The molecule has 0 aromatic heterocycles. The highest BCUT2D eigenvalue weighted by Crippen LogP contribution is 2.59. The first-order chi connectivity index (χ1) is 4.43. The number of hydrogen-bond acceptors (Lipinski definition) is 0. The summed E-state index contributed by atoms with van der Waals surface area (Å²) >= 11 is 0. The van der Waals surface area contributed by atoms with E-state index in [0.717, 1.165) is 0 Å². The summed E-state index contributed by atoms with van der Waals surface area (Å²) in [5.41, 5.74) is 0. The lowest BCUT2D eigenvalue weighted by Crippen LogP contribution is -2.29. The minimum absolute atomic E-state index is 1.20. The van der Waals surface area contributed by atoms with Crippen LogP contribution in [0.2, 0.25) is 0 Å². The van der Waals surface area contributed by atoms with Crippen molar-refractivity contribution < 1.29 is 0 Å². The van der Waals surface area contributed by atoms with Gasteiger partial charge < -0.3 is 0 Å². The lowest BCUT2D eigenvalue weighted by atomic mass is 9.66. The molecule has 0 N–H and O–H groups in total. The number of fused-ring (bicyclic) bond motifs is 2. The van der Waals surface area contributed by atoms with Crippen LogP contribution < -0.4 is 0 Å². The van der Waals surface area contributed by atoms with Gasteiger partial charge in [0.25, 0.3) is 0 Å². The van der Waals surface area contributed by atoms with Crippen molar-refractivity contribution in [2.24, 2.45) is 23.7 Å². The van der Waals surface area contributed by atoms with E-state index in [9.17, 15) is 0 Å². The molecule has 0 heteroatoms. The van der Waals surface area contributed by atoms with E-state index in [-0.39, 0.29) is 0 Å². The van der Waals surface area contributed by atoms with E-state index >= 15 is 0 Å². The molecule has 3 fully saturated rings. The molecule has 0 radical (unpaired) electrons. The van der Waals surface area contributed by atoms with E-state index < -0.39 is 0 Å². The third kappa shape index (κ3) is 0.544.